The highest BCUT2D eigenvalue weighted by molar-refractivity contribution is 9.09. The van der Waals surface area contributed by atoms with Gasteiger partial charge in [-0.2, -0.15) is 0 Å². The Morgan fingerprint density at radius 1 is 1.28 bits per heavy atom. The first kappa shape index (κ1) is 15.7. The molecule has 1 rings (SSSR count). The molecule has 0 bridgehead atoms. The molecule has 18 heavy (non-hydrogen) atoms. The standard InChI is InChI=1S/C13H20BrNO2S/c1-10(2)8-12(14)9-15-18(16,17)13-7-5-4-6-11(13)3/h4-7,10,12,15H,8-9H2,1-3H3. The molecule has 1 N–H and O–H groups in total. The van der Waals surface area contributed by atoms with Crippen LogP contribution in [0.15, 0.2) is 29.2 Å². The monoisotopic (exact) mass is 333 g/mol. The molecule has 0 saturated heterocycles. The predicted molar refractivity (Wildman–Crippen MR) is 78.5 cm³/mol. The van der Waals surface area contributed by atoms with Crippen LogP contribution in [0.3, 0.4) is 0 Å². The van der Waals surface area contributed by atoms with Crippen LogP contribution in [-0.2, 0) is 10.0 Å². The van der Waals surface area contributed by atoms with Crippen LogP contribution in [0.1, 0.15) is 25.8 Å². The number of halogens is 1. The zero-order valence-electron chi connectivity index (χ0n) is 11.0. The third-order valence-corrected chi connectivity index (χ3v) is 4.89. The summed E-state index contributed by atoms with van der Waals surface area (Å²) in [6.45, 7) is 6.44. The molecule has 0 saturated carbocycles. The average molecular weight is 334 g/mol. The minimum absolute atomic E-state index is 0.163. The van der Waals surface area contributed by atoms with Crippen LogP contribution in [0.5, 0.6) is 0 Å². The predicted octanol–water partition coefficient (Wildman–Crippen LogP) is 3.08. The first-order valence-electron chi connectivity index (χ1n) is 6.02. The van der Waals surface area contributed by atoms with Gasteiger partial charge in [0.25, 0.3) is 0 Å². The van der Waals surface area contributed by atoms with Crippen molar-refractivity contribution in [1.29, 1.82) is 0 Å². The minimum atomic E-state index is -3.40. The van der Waals surface area contributed by atoms with Gasteiger partial charge in [0.05, 0.1) is 4.90 Å². The average Bonchev–Trinajstić information content (AvgIpc) is 2.26. The number of hydrogen-bond acceptors (Lipinski definition) is 2. The molecule has 0 aliphatic carbocycles. The highest BCUT2D eigenvalue weighted by Gasteiger charge is 2.17. The summed E-state index contributed by atoms with van der Waals surface area (Å²) < 4.78 is 26.9. The van der Waals surface area contributed by atoms with Crippen molar-refractivity contribution in [2.24, 2.45) is 5.92 Å². The molecule has 1 atom stereocenters. The summed E-state index contributed by atoms with van der Waals surface area (Å²) in [7, 11) is -3.40. The molecule has 3 nitrogen and oxygen atoms in total. The van der Waals surface area contributed by atoms with Crippen molar-refractivity contribution in [3.8, 4) is 0 Å². The van der Waals surface area contributed by atoms with Gasteiger partial charge in [-0.15, -0.1) is 0 Å². The number of benzene rings is 1. The second-order valence-electron chi connectivity index (χ2n) is 4.84. The highest BCUT2D eigenvalue weighted by atomic mass is 79.9. The van der Waals surface area contributed by atoms with Gasteiger partial charge in [0.2, 0.25) is 10.0 Å². The number of sulfonamides is 1. The molecule has 0 aromatic heterocycles. The van der Waals surface area contributed by atoms with Crippen molar-refractivity contribution in [1.82, 2.24) is 4.72 Å². The molecule has 102 valence electrons. The molecule has 0 spiro atoms. The molecule has 0 aliphatic heterocycles. The second-order valence-corrected chi connectivity index (χ2v) is 7.87. The van der Waals surface area contributed by atoms with E-state index in [0.717, 1.165) is 12.0 Å². The number of nitrogens with one attached hydrogen (secondary N) is 1. The van der Waals surface area contributed by atoms with E-state index in [1.54, 1.807) is 25.1 Å². The van der Waals surface area contributed by atoms with Crippen molar-refractivity contribution in [3.63, 3.8) is 0 Å². The Hall–Kier alpha value is -0.390. The number of aryl methyl sites for hydroxylation is 1. The van der Waals surface area contributed by atoms with Gasteiger partial charge < -0.3 is 0 Å². The molecule has 1 aromatic carbocycles. The lowest BCUT2D eigenvalue weighted by molar-refractivity contribution is 0.551. The van der Waals surface area contributed by atoms with E-state index in [2.05, 4.69) is 34.5 Å². The molecule has 0 radical (unpaired) electrons. The second kappa shape index (κ2) is 6.68. The van der Waals surface area contributed by atoms with Gasteiger partial charge in [0.1, 0.15) is 0 Å². The maximum absolute atomic E-state index is 12.1. The quantitative estimate of drug-likeness (QED) is 0.813. The summed E-state index contributed by atoms with van der Waals surface area (Å²) in [5.41, 5.74) is 0.764. The van der Waals surface area contributed by atoms with Crippen LogP contribution < -0.4 is 4.72 Å². The Labute approximate surface area is 118 Å². The van der Waals surface area contributed by atoms with Crippen LogP contribution in [0, 0.1) is 12.8 Å². The summed E-state index contributed by atoms with van der Waals surface area (Å²) in [5, 5.41) is 0. The Bertz CT molecular complexity index is 486. The zero-order chi connectivity index (χ0) is 13.8. The van der Waals surface area contributed by atoms with E-state index in [0.29, 0.717) is 17.4 Å². The van der Waals surface area contributed by atoms with E-state index in [9.17, 15) is 8.42 Å². The molecular formula is C13H20BrNO2S. The third-order valence-electron chi connectivity index (χ3n) is 2.61. The van der Waals surface area contributed by atoms with Crippen LogP contribution in [0.4, 0.5) is 0 Å². The largest absolute Gasteiger partial charge is 0.240 e. The Morgan fingerprint density at radius 3 is 2.44 bits per heavy atom. The van der Waals surface area contributed by atoms with Crippen molar-refractivity contribution >= 4 is 26.0 Å². The van der Waals surface area contributed by atoms with Gasteiger partial charge in [-0.1, -0.05) is 48.0 Å². The van der Waals surface area contributed by atoms with Crippen LogP contribution in [0.2, 0.25) is 0 Å². The third kappa shape index (κ3) is 4.71. The summed E-state index contributed by atoms with van der Waals surface area (Å²) in [6, 6.07) is 7.00. The number of alkyl halides is 1. The van der Waals surface area contributed by atoms with E-state index in [4.69, 9.17) is 0 Å². The zero-order valence-corrected chi connectivity index (χ0v) is 13.4. The lowest BCUT2D eigenvalue weighted by atomic mass is 10.1. The van der Waals surface area contributed by atoms with Crippen LogP contribution in [-0.4, -0.2) is 19.8 Å². The topological polar surface area (TPSA) is 46.2 Å². The van der Waals surface area contributed by atoms with Gasteiger partial charge >= 0.3 is 0 Å². The first-order chi connectivity index (χ1) is 8.33. The van der Waals surface area contributed by atoms with E-state index >= 15 is 0 Å². The van der Waals surface area contributed by atoms with Crippen molar-refractivity contribution < 1.29 is 8.42 Å². The van der Waals surface area contributed by atoms with Gasteiger partial charge in [0.15, 0.2) is 0 Å². The van der Waals surface area contributed by atoms with Gasteiger partial charge in [-0.25, -0.2) is 13.1 Å². The minimum Gasteiger partial charge on any atom is -0.210 e. The summed E-state index contributed by atoms with van der Waals surface area (Å²) in [6.07, 6.45) is 0.941. The fourth-order valence-corrected chi connectivity index (χ4v) is 4.18. The van der Waals surface area contributed by atoms with E-state index in [-0.39, 0.29) is 4.83 Å². The maximum atomic E-state index is 12.1. The molecule has 5 heteroatoms. The lowest BCUT2D eigenvalue weighted by Gasteiger charge is -2.14. The van der Waals surface area contributed by atoms with Gasteiger partial charge in [-0.05, 0) is 30.9 Å². The fraction of sp³-hybridized carbons (Fsp3) is 0.538. The van der Waals surface area contributed by atoms with E-state index in [1.165, 1.54) is 0 Å². The normalized spacial score (nSPS) is 13.8. The smallest absolute Gasteiger partial charge is 0.210 e. The van der Waals surface area contributed by atoms with Crippen LogP contribution in [0.25, 0.3) is 0 Å². The molecular weight excluding hydrogens is 314 g/mol. The molecule has 0 heterocycles. The number of hydrogen-bond donors (Lipinski definition) is 1. The lowest BCUT2D eigenvalue weighted by Crippen LogP contribution is -2.30. The fourth-order valence-electron chi connectivity index (χ4n) is 1.73. The summed E-state index contributed by atoms with van der Waals surface area (Å²) >= 11 is 3.50. The molecule has 0 aliphatic rings. The van der Waals surface area contributed by atoms with E-state index < -0.39 is 10.0 Å². The highest BCUT2D eigenvalue weighted by Crippen LogP contribution is 2.16. The molecule has 0 amide bonds. The first-order valence-corrected chi connectivity index (χ1v) is 8.42. The maximum Gasteiger partial charge on any atom is 0.240 e. The van der Waals surface area contributed by atoms with Crippen molar-refractivity contribution in [2.45, 2.75) is 36.9 Å². The Kier molecular flexibility index (Phi) is 5.82. The Balaban J connectivity index is 2.69. The Morgan fingerprint density at radius 2 is 1.89 bits per heavy atom. The number of rotatable bonds is 6. The van der Waals surface area contributed by atoms with Crippen molar-refractivity contribution in [2.75, 3.05) is 6.54 Å². The van der Waals surface area contributed by atoms with Crippen LogP contribution >= 0.6 is 15.9 Å². The van der Waals surface area contributed by atoms with Crippen molar-refractivity contribution in [3.05, 3.63) is 29.8 Å². The van der Waals surface area contributed by atoms with Gasteiger partial charge in [-0.3, -0.25) is 0 Å². The van der Waals surface area contributed by atoms with E-state index in [1.807, 2.05) is 6.07 Å². The molecule has 0 fully saturated rings. The molecule has 1 unspecified atom stereocenters. The van der Waals surface area contributed by atoms with Gasteiger partial charge in [0, 0.05) is 11.4 Å². The summed E-state index contributed by atoms with van der Waals surface area (Å²) in [4.78, 5) is 0.519. The molecule has 1 aromatic rings. The summed E-state index contributed by atoms with van der Waals surface area (Å²) in [5.74, 6) is 0.539. The SMILES string of the molecule is Cc1ccccc1S(=O)(=O)NCC(Br)CC(C)C.